The molecule has 0 spiro atoms. The van der Waals surface area contributed by atoms with Gasteiger partial charge in [-0.3, -0.25) is 14.6 Å². The highest BCUT2D eigenvalue weighted by molar-refractivity contribution is 5.95. The van der Waals surface area contributed by atoms with Gasteiger partial charge in [0.05, 0.1) is 5.54 Å². The van der Waals surface area contributed by atoms with E-state index in [0.717, 1.165) is 31.2 Å². The summed E-state index contributed by atoms with van der Waals surface area (Å²) in [5.41, 5.74) is 1.77. The van der Waals surface area contributed by atoms with Crippen LogP contribution in [0.3, 0.4) is 0 Å². The van der Waals surface area contributed by atoms with Crippen LogP contribution in [0.1, 0.15) is 52.1 Å². The van der Waals surface area contributed by atoms with E-state index in [9.17, 15) is 9.59 Å². The highest BCUT2D eigenvalue weighted by atomic mass is 16.2. The number of hydrogen-bond donors (Lipinski definition) is 2. The Balaban J connectivity index is 1.66. The molecule has 2 aromatic rings. The van der Waals surface area contributed by atoms with E-state index in [1.54, 1.807) is 24.4 Å². The van der Waals surface area contributed by atoms with Crippen molar-refractivity contribution in [2.24, 2.45) is 0 Å². The molecule has 1 aliphatic carbocycles. The second-order valence-electron chi connectivity index (χ2n) is 6.71. The van der Waals surface area contributed by atoms with E-state index in [-0.39, 0.29) is 17.4 Å². The van der Waals surface area contributed by atoms with E-state index in [4.69, 9.17) is 0 Å². The molecule has 2 N–H and O–H groups in total. The third-order valence-corrected chi connectivity index (χ3v) is 4.74. The molecule has 5 heteroatoms. The summed E-state index contributed by atoms with van der Waals surface area (Å²) < 4.78 is 0. The molecule has 130 valence electrons. The van der Waals surface area contributed by atoms with Crippen LogP contribution >= 0.6 is 0 Å². The van der Waals surface area contributed by atoms with Gasteiger partial charge in [-0.1, -0.05) is 36.6 Å². The molecule has 5 nitrogen and oxygen atoms in total. The minimum absolute atomic E-state index is 0.0889. The highest BCUT2D eigenvalue weighted by Crippen LogP contribution is 2.29. The number of amides is 2. The van der Waals surface area contributed by atoms with Crippen LogP contribution < -0.4 is 10.6 Å². The normalized spacial score (nSPS) is 15.6. The predicted molar refractivity (Wildman–Crippen MR) is 96.4 cm³/mol. The molecule has 0 atom stereocenters. The number of nitrogens with one attached hydrogen (secondary N) is 2. The van der Waals surface area contributed by atoms with Crippen molar-refractivity contribution in [2.45, 2.75) is 38.1 Å². The fourth-order valence-electron chi connectivity index (χ4n) is 3.25. The van der Waals surface area contributed by atoms with Crippen LogP contribution in [-0.4, -0.2) is 28.9 Å². The van der Waals surface area contributed by atoms with Gasteiger partial charge in [0.1, 0.15) is 5.69 Å². The molecule has 1 saturated carbocycles. The zero-order valence-electron chi connectivity index (χ0n) is 14.4. The molecule has 1 aromatic carbocycles. The molecule has 1 aromatic heterocycles. The Labute approximate surface area is 147 Å². The van der Waals surface area contributed by atoms with Crippen LogP contribution in [0, 0.1) is 6.92 Å². The predicted octanol–water partition coefficient (Wildman–Crippen LogP) is 2.86. The number of pyridine rings is 1. The average molecular weight is 337 g/mol. The first-order valence-corrected chi connectivity index (χ1v) is 8.66. The molecule has 2 amide bonds. The van der Waals surface area contributed by atoms with Gasteiger partial charge in [0.15, 0.2) is 0 Å². The Morgan fingerprint density at radius 2 is 1.76 bits per heavy atom. The van der Waals surface area contributed by atoms with Crippen LogP contribution in [0.2, 0.25) is 0 Å². The topological polar surface area (TPSA) is 71.1 Å². The molecule has 0 radical (unpaired) electrons. The van der Waals surface area contributed by atoms with Crippen molar-refractivity contribution in [3.63, 3.8) is 0 Å². The number of rotatable bonds is 5. The van der Waals surface area contributed by atoms with E-state index < -0.39 is 0 Å². The second kappa shape index (κ2) is 7.47. The molecule has 3 rings (SSSR count). The Morgan fingerprint density at radius 3 is 2.40 bits per heavy atom. The van der Waals surface area contributed by atoms with Gasteiger partial charge >= 0.3 is 0 Å². The van der Waals surface area contributed by atoms with Crippen LogP contribution in [0.25, 0.3) is 0 Å². The van der Waals surface area contributed by atoms with Crippen molar-refractivity contribution in [2.75, 3.05) is 6.54 Å². The molecule has 0 aliphatic heterocycles. The van der Waals surface area contributed by atoms with Gasteiger partial charge in [-0.25, -0.2) is 0 Å². The average Bonchev–Trinajstić information content (AvgIpc) is 3.09. The number of carbonyl (C=O) groups is 2. The second-order valence-corrected chi connectivity index (χ2v) is 6.71. The summed E-state index contributed by atoms with van der Waals surface area (Å²) in [6.45, 7) is 2.41. The van der Waals surface area contributed by atoms with E-state index in [1.807, 2.05) is 31.2 Å². The van der Waals surface area contributed by atoms with E-state index in [2.05, 4.69) is 15.6 Å². The van der Waals surface area contributed by atoms with Crippen LogP contribution in [-0.2, 0) is 0 Å². The largest absolute Gasteiger partial charge is 0.348 e. The van der Waals surface area contributed by atoms with Gasteiger partial charge in [-0.15, -0.1) is 0 Å². The summed E-state index contributed by atoms with van der Waals surface area (Å²) in [7, 11) is 0. The summed E-state index contributed by atoms with van der Waals surface area (Å²) in [4.78, 5) is 28.9. The Hall–Kier alpha value is -2.69. The van der Waals surface area contributed by atoms with Crippen LogP contribution in [0.15, 0.2) is 48.7 Å². The number of aryl methyl sites for hydroxylation is 1. The van der Waals surface area contributed by atoms with E-state index in [1.165, 1.54) is 0 Å². The molecular formula is C20H23N3O2. The quantitative estimate of drug-likeness (QED) is 0.881. The molecule has 1 heterocycles. The summed E-state index contributed by atoms with van der Waals surface area (Å²) in [6.07, 6.45) is 5.43. The lowest BCUT2D eigenvalue weighted by Crippen LogP contribution is -2.54. The molecule has 0 unspecified atom stereocenters. The lowest BCUT2D eigenvalue weighted by atomic mass is 9.96. The summed E-state index contributed by atoms with van der Waals surface area (Å²) in [6, 6.07) is 12.8. The first kappa shape index (κ1) is 17.1. The fraction of sp³-hybridized carbons (Fsp3) is 0.350. The molecule has 1 aliphatic rings. The summed E-state index contributed by atoms with van der Waals surface area (Å²) in [5, 5.41) is 6.09. The SMILES string of the molecule is Cc1ccc(C(=O)NC2(CNC(=O)c3ccccn3)CCCC2)cc1. The van der Waals surface area contributed by atoms with Crippen molar-refractivity contribution in [1.29, 1.82) is 0 Å². The summed E-state index contributed by atoms with van der Waals surface area (Å²) >= 11 is 0. The van der Waals surface area contributed by atoms with Gasteiger partial charge in [0, 0.05) is 18.3 Å². The zero-order chi connectivity index (χ0) is 17.7. The first-order chi connectivity index (χ1) is 12.1. The number of hydrogen-bond acceptors (Lipinski definition) is 3. The standard InChI is InChI=1S/C20H23N3O2/c1-15-7-9-16(10-8-15)18(24)23-20(11-3-4-12-20)14-22-19(25)17-6-2-5-13-21-17/h2,5-10,13H,3-4,11-12,14H2,1H3,(H,22,25)(H,23,24). The number of nitrogens with zero attached hydrogens (tertiary/aromatic N) is 1. The maximum absolute atomic E-state index is 12.6. The fourth-order valence-corrected chi connectivity index (χ4v) is 3.25. The van der Waals surface area contributed by atoms with Crippen molar-refractivity contribution < 1.29 is 9.59 Å². The molecule has 0 bridgehead atoms. The molecular weight excluding hydrogens is 314 g/mol. The van der Waals surface area contributed by atoms with Gasteiger partial charge in [-0.05, 0) is 44.0 Å². The number of carbonyl (C=O) groups excluding carboxylic acids is 2. The van der Waals surface area contributed by atoms with Gasteiger partial charge in [-0.2, -0.15) is 0 Å². The molecule has 0 saturated heterocycles. The van der Waals surface area contributed by atoms with Gasteiger partial charge in [0.25, 0.3) is 11.8 Å². The third kappa shape index (κ3) is 4.24. The monoisotopic (exact) mass is 337 g/mol. The lowest BCUT2D eigenvalue weighted by Gasteiger charge is -2.30. The maximum Gasteiger partial charge on any atom is 0.269 e. The van der Waals surface area contributed by atoms with Gasteiger partial charge < -0.3 is 10.6 Å². The van der Waals surface area contributed by atoms with E-state index >= 15 is 0 Å². The summed E-state index contributed by atoms with van der Waals surface area (Å²) in [5.74, 6) is -0.301. The first-order valence-electron chi connectivity index (χ1n) is 8.66. The third-order valence-electron chi connectivity index (χ3n) is 4.74. The van der Waals surface area contributed by atoms with Crippen LogP contribution in [0.5, 0.6) is 0 Å². The smallest absolute Gasteiger partial charge is 0.269 e. The Kier molecular flexibility index (Phi) is 5.12. The Morgan fingerprint density at radius 1 is 1.04 bits per heavy atom. The molecule has 25 heavy (non-hydrogen) atoms. The highest BCUT2D eigenvalue weighted by Gasteiger charge is 2.36. The number of aromatic nitrogens is 1. The van der Waals surface area contributed by atoms with Crippen LogP contribution in [0.4, 0.5) is 0 Å². The Bertz CT molecular complexity index is 735. The minimum atomic E-state index is -0.383. The van der Waals surface area contributed by atoms with Crippen molar-refractivity contribution in [3.05, 3.63) is 65.5 Å². The molecule has 1 fully saturated rings. The van der Waals surface area contributed by atoms with Gasteiger partial charge in [0.2, 0.25) is 0 Å². The van der Waals surface area contributed by atoms with Crippen molar-refractivity contribution >= 4 is 11.8 Å². The van der Waals surface area contributed by atoms with E-state index in [0.29, 0.717) is 17.8 Å². The number of benzene rings is 1. The maximum atomic E-state index is 12.6. The minimum Gasteiger partial charge on any atom is -0.348 e. The lowest BCUT2D eigenvalue weighted by molar-refractivity contribution is 0.0865. The van der Waals surface area contributed by atoms with Crippen molar-refractivity contribution in [3.8, 4) is 0 Å². The zero-order valence-corrected chi connectivity index (χ0v) is 14.4. The van der Waals surface area contributed by atoms with Crippen molar-refractivity contribution in [1.82, 2.24) is 15.6 Å².